The van der Waals surface area contributed by atoms with Gasteiger partial charge in [0.05, 0.1) is 6.10 Å². The van der Waals surface area contributed by atoms with Crippen LogP contribution >= 0.6 is 0 Å². The van der Waals surface area contributed by atoms with Crippen LogP contribution in [0.1, 0.15) is 51.0 Å². The Labute approximate surface area is 127 Å². The zero-order valence-corrected chi connectivity index (χ0v) is 12.9. The van der Waals surface area contributed by atoms with E-state index in [0.717, 1.165) is 18.6 Å². The quantitative estimate of drug-likeness (QED) is 0.884. The molecule has 2 nitrogen and oxygen atoms in total. The van der Waals surface area contributed by atoms with Crippen molar-refractivity contribution in [2.24, 2.45) is 5.41 Å². The molecule has 0 aliphatic heterocycles. The van der Waals surface area contributed by atoms with E-state index in [1.54, 1.807) is 6.07 Å². The first kappa shape index (κ1) is 15.0. The van der Waals surface area contributed by atoms with E-state index in [9.17, 15) is 4.39 Å². The predicted molar refractivity (Wildman–Crippen MR) is 82.6 cm³/mol. The van der Waals surface area contributed by atoms with Crippen molar-refractivity contribution in [2.45, 2.75) is 64.1 Å². The molecule has 3 heteroatoms. The van der Waals surface area contributed by atoms with E-state index in [1.807, 2.05) is 12.1 Å². The van der Waals surface area contributed by atoms with Crippen molar-refractivity contribution in [2.75, 3.05) is 6.61 Å². The van der Waals surface area contributed by atoms with Gasteiger partial charge in [-0.25, -0.2) is 4.39 Å². The number of nitrogens with one attached hydrogen (secondary N) is 1. The Morgan fingerprint density at radius 1 is 1.24 bits per heavy atom. The molecule has 2 saturated carbocycles. The molecular weight excluding hydrogens is 265 g/mol. The van der Waals surface area contributed by atoms with E-state index < -0.39 is 0 Å². The summed E-state index contributed by atoms with van der Waals surface area (Å²) in [5, 5.41) is 3.61. The molecule has 0 saturated heterocycles. The van der Waals surface area contributed by atoms with E-state index >= 15 is 0 Å². The molecule has 2 fully saturated rings. The third-order valence-electron chi connectivity index (χ3n) is 5.43. The Bertz CT molecular complexity index is 470. The second-order valence-corrected chi connectivity index (χ2v) is 6.50. The summed E-state index contributed by atoms with van der Waals surface area (Å²) in [6, 6.07) is 7.54. The number of benzene rings is 1. The molecule has 0 heterocycles. The fraction of sp³-hybridized carbons (Fsp3) is 0.667. The molecule has 2 aliphatic rings. The average molecular weight is 291 g/mol. The van der Waals surface area contributed by atoms with Gasteiger partial charge in [-0.05, 0) is 32.3 Å². The van der Waals surface area contributed by atoms with Crippen molar-refractivity contribution in [1.82, 2.24) is 5.32 Å². The van der Waals surface area contributed by atoms with Crippen LogP contribution in [0.3, 0.4) is 0 Å². The minimum absolute atomic E-state index is 0.108. The summed E-state index contributed by atoms with van der Waals surface area (Å²) in [6.45, 7) is 3.50. The standard InChI is InChI=1S/C18H26FNO/c1-2-21-17-12-16(18(17)10-6-3-7-11-18)20-13-14-8-4-5-9-15(14)19/h4-5,8-9,16-17,20H,2-3,6-7,10-13H2,1H3. The van der Waals surface area contributed by atoms with Crippen molar-refractivity contribution < 1.29 is 9.13 Å². The lowest BCUT2D eigenvalue weighted by molar-refractivity contribution is -0.150. The largest absolute Gasteiger partial charge is 0.378 e. The zero-order valence-electron chi connectivity index (χ0n) is 12.9. The number of ether oxygens (including phenoxy) is 1. The highest BCUT2D eigenvalue weighted by molar-refractivity contribution is 5.18. The molecule has 1 spiro atoms. The van der Waals surface area contributed by atoms with Crippen molar-refractivity contribution in [3.8, 4) is 0 Å². The number of hydrogen-bond donors (Lipinski definition) is 1. The zero-order chi connectivity index (χ0) is 14.7. The van der Waals surface area contributed by atoms with Gasteiger partial charge < -0.3 is 10.1 Å². The summed E-state index contributed by atoms with van der Waals surface area (Å²) >= 11 is 0. The van der Waals surface area contributed by atoms with Gasteiger partial charge in [0.1, 0.15) is 5.82 Å². The van der Waals surface area contributed by atoms with Crippen LogP contribution in [-0.2, 0) is 11.3 Å². The predicted octanol–water partition coefficient (Wildman–Crippen LogP) is 4.04. The lowest BCUT2D eigenvalue weighted by Gasteiger charge is -2.58. The van der Waals surface area contributed by atoms with Gasteiger partial charge in [-0.1, -0.05) is 37.5 Å². The highest BCUT2D eigenvalue weighted by Crippen LogP contribution is 2.53. The summed E-state index contributed by atoms with van der Waals surface area (Å²) in [5.74, 6) is -0.108. The van der Waals surface area contributed by atoms with Crippen LogP contribution in [0.25, 0.3) is 0 Å². The molecule has 116 valence electrons. The van der Waals surface area contributed by atoms with Crippen LogP contribution in [0.4, 0.5) is 4.39 Å². The normalized spacial score (nSPS) is 27.5. The summed E-state index contributed by atoms with van der Waals surface area (Å²) in [7, 11) is 0. The van der Waals surface area contributed by atoms with Gasteiger partial charge in [-0.15, -0.1) is 0 Å². The topological polar surface area (TPSA) is 21.3 Å². The van der Waals surface area contributed by atoms with Gasteiger partial charge >= 0.3 is 0 Å². The molecule has 21 heavy (non-hydrogen) atoms. The van der Waals surface area contributed by atoms with E-state index in [0.29, 0.717) is 24.1 Å². The average Bonchev–Trinajstić information content (AvgIpc) is 2.52. The van der Waals surface area contributed by atoms with Crippen LogP contribution in [0.2, 0.25) is 0 Å². The molecule has 1 N–H and O–H groups in total. The fourth-order valence-corrected chi connectivity index (χ4v) is 4.22. The maximum atomic E-state index is 13.7. The van der Waals surface area contributed by atoms with Crippen molar-refractivity contribution in [3.63, 3.8) is 0 Å². The molecule has 1 aromatic carbocycles. The van der Waals surface area contributed by atoms with E-state index in [4.69, 9.17) is 4.74 Å². The third-order valence-corrected chi connectivity index (χ3v) is 5.43. The Hall–Kier alpha value is -0.930. The first-order valence-electron chi connectivity index (χ1n) is 8.34. The first-order chi connectivity index (χ1) is 10.3. The smallest absolute Gasteiger partial charge is 0.127 e. The van der Waals surface area contributed by atoms with Gasteiger partial charge in [0.15, 0.2) is 0 Å². The fourth-order valence-electron chi connectivity index (χ4n) is 4.22. The molecule has 0 amide bonds. The Morgan fingerprint density at radius 2 is 2.00 bits per heavy atom. The molecule has 0 bridgehead atoms. The van der Waals surface area contributed by atoms with Crippen LogP contribution in [0, 0.1) is 11.2 Å². The van der Waals surface area contributed by atoms with Crippen LogP contribution in [0.5, 0.6) is 0 Å². The van der Waals surface area contributed by atoms with Crippen LogP contribution in [0.15, 0.2) is 24.3 Å². The maximum Gasteiger partial charge on any atom is 0.127 e. The monoisotopic (exact) mass is 291 g/mol. The second kappa shape index (κ2) is 6.45. The van der Waals surface area contributed by atoms with Gasteiger partial charge in [-0.3, -0.25) is 0 Å². The summed E-state index contributed by atoms with van der Waals surface area (Å²) < 4.78 is 19.7. The van der Waals surface area contributed by atoms with Gasteiger partial charge in [0, 0.05) is 30.2 Å². The molecule has 2 aliphatic carbocycles. The molecule has 3 rings (SSSR count). The Balaban J connectivity index is 1.64. The highest BCUT2D eigenvalue weighted by atomic mass is 19.1. The second-order valence-electron chi connectivity index (χ2n) is 6.50. The number of hydrogen-bond acceptors (Lipinski definition) is 2. The Morgan fingerprint density at radius 3 is 2.71 bits per heavy atom. The lowest BCUT2D eigenvalue weighted by Crippen LogP contribution is -2.64. The maximum absolute atomic E-state index is 13.7. The molecule has 0 aromatic heterocycles. The highest BCUT2D eigenvalue weighted by Gasteiger charge is 2.55. The summed E-state index contributed by atoms with van der Waals surface area (Å²) in [6.07, 6.45) is 7.95. The minimum Gasteiger partial charge on any atom is -0.378 e. The molecule has 1 aromatic rings. The van der Waals surface area contributed by atoms with Gasteiger partial charge in [0.25, 0.3) is 0 Å². The summed E-state index contributed by atoms with van der Waals surface area (Å²) in [5.41, 5.74) is 1.07. The first-order valence-corrected chi connectivity index (χ1v) is 8.34. The third kappa shape index (κ3) is 2.86. The SMILES string of the molecule is CCOC1CC(NCc2ccccc2F)C12CCCCC2. The van der Waals surface area contributed by atoms with E-state index in [1.165, 1.54) is 38.2 Å². The molecular formula is C18H26FNO. The van der Waals surface area contributed by atoms with Crippen LogP contribution < -0.4 is 5.32 Å². The van der Waals surface area contributed by atoms with E-state index in [2.05, 4.69) is 12.2 Å². The summed E-state index contributed by atoms with van der Waals surface area (Å²) in [4.78, 5) is 0. The van der Waals surface area contributed by atoms with Crippen molar-refractivity contribution >= 4 is 0 Å². The molecule has 2 unspecified atom stereocenters. The Kier molecular flexibility index (Phi) is 4.60. The molecule has 0 radical (unpaired) electrons. The molecule has 2 atom stereocenters. The van der Waals surface area contributed by atoms with Crippen molar-refractivity contribution in [3.05, 3.63) is 35.6 Å². The minimum atomic E-state index is -0.108. The van der Waals surface area contributed by atoms with Crippen LogP contribution in [-0.4, -0.2) is 18.8 Å². The number of halogens is 1. The lowest BCUT2D eigenvalue weighted by atomic mass is 9.55. The van der Waals surface area contributed by atoms with E-state index in [-0.39, 0.29) is 5.82 Å². The van der Waals surface area contributed by atoms with Crippen molar-refractivity contribution in [1.29, 1.82) is 0 Å². The number of rotatable bonds is 5. The van der Waals surface area contributed by atoms with Gasteiger partial charge in [-0.2, -0.15) is 0 Å². The van der Waals surface area contributed by atoms with Gasteiger partial charge in [0.2, 0.25) is 0 Å².